The summed E-state index contributed by atoms with van der Waals surface area (Å²) in [6, 6.07) is 6.62. The van der Waals surface area contributed by atoms with Crippen molar-refractivity contribution in [3.05, 3.63) is 29.3 Å². The van der Waals surface area contributed by atoms with Gasteiger partial charge in [-0.05, 0) is 50.0 Å². The van der Waals surface area contributed by atoms with E-state index in [1.165, 1.54) is 24.0 Å². The second-order valence-electron chi connectivity index (χ2n) is 5.36. The summed E-state index contributed by atoms with van der Waals surface area (Å²) < 4.78 is 10.9. The van der Waals surface area contributed by atoms with E-state index in [2.05, 4.69) is 30.4 Å². The quantitative estimate of drug-likeness (QED) is 0.767. The number of rotatable bonds is 7. The third kappa shape index (κ3) is 2.93. The third-order valence-corrected chi connectivity index (χ3v) is 4.11. The smallest absolute Gasteiger partial charge is 0.122 e. The van der Waals surface area contributed by atoms with Gasteiger partial charge in [0.15, 0.2) is 0 Å². The van der Waals surface area contributed by atoms with Gasteiger partial charge in [-0.3, -0.25) is 0 Å². The fraction of sp³-hybridized carbons (Fsp3) is 0.625. The second-order valence-corrected chi connectivity index (χ2v) is 5.36. The van der Waals surface area contributed by atoms with Crippen LogP contribution in [0.2, 0.25) is 0 Å². The lowest BCUT2D eigenvalue weighted by atomic mass is 9.74. The topological polar surface area (TPSA) is 30.5 Å². The van der Waals surface area contributed by atoms with E-state index in [1.807, 2.05) is 7.05 Å². The average Bonchev–Trinajstić information content (AvgIpc) is 2.41. The molecule has 0 amide bonds. The first-order chi connectivity index (χ1) is 9.25. The predicted molar refractivity (Wildman–Crippen MR) is 78.0 cm³/mol. The van der Waals surface area contributed by atoms with E-state index in [4.69, 9.17) is 9.47 Å². The summed E-state index contributed by atoms with van der Waals surface area (Å²) in [7, 11) is 3.75. The lowest BCUT2D eigenvalue weighted by Crippen LogP contribution is -2.47. The van der Waals surface area contributed by atoms with Crippen molar-refractivity contribution in [2.45, 2.75) is 31.6 Å². The lowest BCUT2D eigenvalue weighted by Gasteiger charge is -2.42. The Morgan fingerprint density at radius 2 is 2.16 bits per heavy atom. The number of methoxy groups -OCH3 is 1. The largest absolute Gasteiger partial charge is 0.496 e. The number of nitrogens with one attached hydrogen (secondary N) is 1. The second kappa shape index (κ2) is 6.40. The number of hydrogen-bond acceptors (Lipinski definition) is 3. The standard InChI is InChI=1S/C16H25NO2/c1-4-13-10-14(6-7-15(13)18-3)16(11-19-12-16)8-5-9-17-2/h6-7,10,17H,4-5,8-9,11-12H2,1-3H3. The van der Waals surface area contributed by atoms with E-state index in [-0.39, 0.29) is 5.41 Å². The maximum Gasteiger partial charge on any atom is 0.122 e. The van der Waals surface area contributed by atoms with E-state index in [9.17, 15) is 0 Å². The molecule has 1 aliphatic rings. The first-order valence-electron chi connectivity index (χ1n) is 7.15. The molecule has 1 aliphatic heterocycles. The van der Waals surface area contributed by atoms with Crippen LogP contribution in [-0.4, -0.2) is 33.9 Å². The predicted octanol–water partition coefficient (Wildman–Crippen LogP) is 2.53. The maximum atomic E-state index is 5.50. The Bertz CT molecular complexity index is 413. The molecule has 1 aromatic carbocycles. The lowest BCUT2D eigenvalue weighted by molar-refractivity contribution is -0.0651. The van der Waals surface area contributed by atoms with E-state index < -0.39 is 0 Å². The summed E-state index contributed by atoms with van der Waals surface area (Å²) >= 11 is 0. The molecule has 19 heavy (non-hydrogen) atoms. The van der Waals surface area contributed by atoms with Crippen LogP contribution < -0.4 is 10.1 Å². The Morgan fingerprint density at radius 3 is 2.68 bits per heavy atom. The molecule has 1 heterocycles. The minimum absolute atomic E-state index is 0.229. The molecule has 106 valence electrons. The van der Waals surface area contributed by atoms with Crippen LogP contribution in [0.1, 0.15) is 30.9 Å². The van der Waals surface area contributed by atoms with Crippen LogP contribution >= 0.6 is 0 Å². The zero-order valence-corrected chi connectivity index (χ0v) is 12.3. The van der Waals surface area contributed by atoms with Gasteiger partial charge in [0.1, 0.15) is 5.75 Å². The van der Waals surface area contributed by atoms with Crippen molar-refractivity contribution in [3.63, 3.8) is 0 Å². The summed E-state index contributed by atoms with van der Waals surface area (Å²) in [4.78, 5) is 0. The van der Waals surface area contributed by atoms with Gasteiger partial charge < -0.3 is 14.8 Å². The Labute approximate surface area is 116 Å². The molecule has 3 nitrogen and oxygen atoms in total. The van der Waals surface area contributed by atoms with E-state index >= 15 is 0 Å². The van der Waals surface area contributed by atoms with Crippen LogP contribution in [0.3, 0.4) is 0 Å². The van der Waals surface area contributed by atoms with E-state index in [1.54, 1.807) is 7.11 Å². The molecule has 0 aliphatic carbocycles. The van der Waals surface area contributed by atoms with Gasteiger partial charge in [0.05, 0.1) is 20.3 Å². The number of ether oxygens (including phenoxy) is 2. The monoisotopic (exact) mass is 263 g/mol. The van der Waals surface area contributed by atoms with Crippen molar-refractivity contribution >= 4 is 0 Å². The minimum Gasteiger partial charge on any atom is -0.496 e. The average molecular weight is 263 g/mol. The third-order valence-electron chi connectivity index (χ3n) is 4.11. The molecule has 1 aromatic rings. The van der Waals surface area contributed by atoms with Crippen molar-refractivity contribution in [1.82, 2.24) is 5.32 Å². The van der Waals surface area contributed by atoms with Crippen LogP contribution in [0.5, 0.6) is 5.75 Å². The van der Waals surface area contributed by atoms with Crippen molar-refractivity contribution in [2.24, 2.45) is 0 Å². The van der Waals surface area contributed by atoms with E-state index in [0.29, 0.717) is 0 Å². The normalized spacial score (nSPS) is 17.0. The number of hydrogen-bond donors (Lipinski definition) is 1. The molecular weight excluding hydrogens is 238 g/mol. The molecule has 0 spiro atoms. The molecule has 2 rings (SSSR count). The fourth-order valence-corrected chi connectivity index (χ4v) is 2.79. The molecule has 3 heteroatoms. The molecule has 0 saturated carbocycles. The van der Waals surface area contributed by atoms with Gasteiger partial charge >= 0.3 is 0 Å². The van der Waals surface area contributed by atoms with Crippen LogP contribution in [0, 0.1) is 0 Å². The molecular formula is C16H25NO2. The molecule has 0 unspecified atom stereocenters. The maximum absolute atomic E-state index is 5.50. The SMILES string of the molecule is CCc1cc(C2(CCCNC)COC2)ccc1OC. The Balaban J connectivity index is 2.18. The van der Waals surface area contributed by atoms with Crippen LogP contribution in [0.25, 0.3) is 0 Å². The van der Waals surface area contributed by atoms with Crippen LogP contribution in [0.15, 0.2) is 18.2 Å². The summed E-state index contributed by atoms with van der Waals surface area (Å²) in [5.74, 6) is 0.997. The van der Waals surface area contributed by atoms with Gasteiger partial charge in [-0.2, -0.15) is 0 Å². The number of aryl methyl sites for hydroxylation is 1. The molecule has 1 fully saturated rings. The summed E-state index contributed by atoms with van der Waals surface area (Å²) in [5, 5.41) is 3.22. The molecule has 1 saturated heterocycles. The van der Waals surface area contributed by atoms with Gasteiger partial charge in [-0.15, -0.1) is 0 Å². The Morgan fingerprint density at radius 1 is 1.37 bits per heavy atom. The van der Waals surface area contributed by atoms with Crippen molar-refractivity contribution in [1.29, 1.82) is 0 Å². The minimum atomic E-state index is 0.229. The first kappa shape index (κ1) is 14.4. The Kier molecular flexibility index (Phi) is 4.83. The summed E-state index contributed by atoms with van der Waals surface area (Å²) in [5.41, 5.74) is 2.93. The molecule has 0 bridgehead atoms. The number of benzene rings is 1. The van der Waals surface area contributed by atoms with Gasteiger partial charge in [0.25, 0.3) is 0 Å². The van der Waals surface area contributed by atoms with Crippen molar-refractivity contribution < 1.29 is 9.47 Å². The first-order valence-corrected chi connectivity index (χ1v) is 7.15. The van der Waals surface area contributed by atoms with Crippen LogP contribution in [-0.2, 0) is 16.6 Å². The van der Waals surface area contributed by atoms with Gasteiger partial charge in [0.2, 0.25) is 0 Å². The molecule has 0 radical (unpaired) electrons. The zero-order chi connectivity index (χ0) is 13.7. The van der Waals surface area contributed by atoms with Gasteiger partial charge in [-0.25, -0.2) is 0 Å². The highest BCUT2D eigenvalue weighted by Crippen LogP contribution is 2.38. The fourth-order valence-electron chi connectivity index (χ4n) is 2.79. The summed E-state index contributed by atoms with van der Waals surface area (Å²) in [6.45, 7) is 4.95. The molecule has 1 N–H and O–H groups in total. The van der Waals surface area contributed by atoms with Crippen molar-refractivity contribution in [3.8, 4) is 5.75 Å². The highest BCUT2D eigenvalue weighted by atomic mass is 16.5. The van der Waals surface area contributed by atoms with E-state index in [0.717, 1.165) is 31.9 Å². The van der Waals surface area contributed by atoms with Gasteiger partial charge in [0, 0.05) is 5.41 Å². The van der Waals surface area contributed by atoms with Gasteiger partial charge in [-0.1, -0.05) is 19.1 Å². The van der Waals surface area contributed by atoms with Crippen molar-refractivity contribution in [2.75, 3.05) is 33.9 Å². The summed E-state index contributed by atoms with van der Waals surface area (Å²) in [6.07, 6.45) is 3.38. The highest BCUT2D eigenvalue weighted by Gasteiger charge is 2.39. The zero-order valence-electron chi connectivity index (χ0n) is 12.3. The highest BCUT2D eigenvalue weighted by molar-refractivity contribution is 5.41. The Hall–Kier alpha value is -1.06. The molecule has 0 aromatic heterocycles. The van der Waals surface area contributed by atoms with Crippen LogP contribution in [0.4, 0.5) is 0 Å². The molecule has 0 atom stereocenters.